The number of alkyl halides is 3. The van der Waals surface area contributed by atoms with Gasteiger partial charge in [0.2, 0.25) is 5.95 Å². The minimum atomic E-state index is -4.74. The van der Waals surface area contributed by atoms with Crippen LogP contribution < -0.4 is 5.32 Å². The first-order valence-corrected chi connectivity index (χ1v) is 10.2. The van der Waals surface area contributed by atoms with Crippen LogP contribution in [0.3, 0.4) is 0 Å². The van der Waals surface area contributed by atoms with Crippen molar-refractivity contribution in [2.75, 3.05) is 31.6 Å². The number of carbonyl (C=O) groups is 1. The van der Waals surface area contributed by atoms with Gasteiger partial charge in [-0.15, -0.1) is 0 Å². The van der Waals surface area contributed by atoms with E-state index >= 15 is 0 Å². The summed E-state index contributed by atoms with van der Waals surface area (Å²) in [5.41, 5.74) is -1.41. The van der Waals surface area contributed by atoms with Gasteiger partial charge in [-0.05, 0) is 36.0 Å². The highest BCUT2D eigenvalue weighted by Gasteiger charge is 2.56. The Morgan fingerprint density at radius 2 is 1.97 bits per heavy atom. The van der Waals surface area contributed by atoms with Gasteiger partial charge in [0.15, 0.2) is 5.69 Å². The summed E-state index contributed by atoms with van der Waals surface area (Å²) in [6, 6.07) is 0.0358. The van der Waals surface area contributed by atoms with Crippen LogP contribution in [-0.4, -0.2) is 53.1 Å². The van der Waals surface area contributed by atoms with Crippen molar-refractivity contribution in [1.82, 2.24) is 14.9 Å². The van der Waals surface area contributed by atoms with Crippen molar-refractivity contribution in [2.45, 2.75) is 45.8 Å². The molecule has 1 N–H and O–H groups in total. The summed E-state index contributed by atoms with van der Waals surface area (Å²) in [5, 5.41) is 3.12. The van der Waals surface area contributed by atoms with Crippen LogP contribution in [0.15, 0.2) is 6.20 Å². The van der Waals surface area contributed by atoms with E-state index in [1.165, 1.54) is 11.3 Å². The number of amides is 1. The van der Waals surface area contributed by atoms with Crippen molar-refractivity contribution >= 4 is 11.9 Å². The second kappa shape index (κ2) is 7.11. The number of aromatic nitrogens is 2. The zero-order valence-electron chi connectivity index (χ0n) is 16.9. The fourth-order valence-electron chi connectivity index (χ4n) is 5.27. The van der Waals surface area contributed by atoms with Gasteiger partial charge in [-0.1, -0.05) is 20.8 Å². The fourth-order valence-corrected chi connectivity index (χ4v) is 5.27. The number of anilines is 1. The van der Waals surface area contributed by atoms with Crippen molar-refractivity contribution in [3.05, 3.63) is 17.5 Å². The third-order valence-electron chi connectivity index (χ3n) is 7.25. The van der Waals surface area contributed by atoms with Gasteiger partial charge in [0, 0.05) is 25.3 Å². The highest BCUT2D eigenvalue weighted by molar-refractivity contribution is 5.95. The monoisotopic (exact) mass is 412 g/mol. The Kier molecular flexibility index (Phi) is 4.99. The number of nitrogens with zero attached hydrogens (tertiary/aromatic N) is 3. The molecule has 160 valence electrons. The molecule has 1 aromatic rings. The van der Waals surface area contributed by atoms with E-state index in [2.05, 4.69) is 36.1 Å². The van der Waals surface area contributed by atoms with E-state index < -0.39 is 23.3 Å². The molecule has 6 nitrogen and oxygen atoms in total. The molecule has 0 unspecified atom stereocenters. The largest absolute Gasteiger partial charge is 0.434 e. The third kappa shape index (κ3) is 3.58. The first kappa shape index (κ1) is 20.4. The van der Waals surface area contributed by atoms with Gasteiger partial charge in [0.05, 0.1) is 18.8 Å². The van der Waals surface area contributed by atoms with Gasteiger partial charge < -0.3 is 15.0 Å². The molecule has 1 aromatic heterocycles. The molecule has 1 amide bonds. The zero-order chi connectivity index (χ0) is 21.0. The molecule has 5 rings (SSSR count). The molecule has 2 heterocycles. The number of fused-ring (bicyclic) bond motifs is 2. The van der Waals surface area contributed by atoms with Gasteiger partial charge in [-0.3, -0.25) is 4.79 Å². The number of carbonyl (C=O) groups excluding carboxylic acids is 1. The van der Waals surface area contributed by atoms with Crippen molar-refractivity contribution in [3.63, 3.8) is 0 Å². The van der Waals surface area contributed by atoms with Gasteiger partial charge in [-0.25, -0.2) is 9.97 Å². The van der Waals surface area contributed by atoms with E-state index in [0.717, 1.165) is 12.6 Å². The lowest BCUT2D eigenvalue weighted by Gasteiger charge is -2.62. The number of morpholine rings is 1. The number of hydrogen-bond donors (Lipinski definition) is 1. The molecule has 4 fully saturated rings. The van der Waals surface area contributed by atoms with Crippen LogP contribution >= 0.6 is 0 Å². The van der Waals surface area contributed by atoms with Crippen LogP contribution in [0.5, 0.6) is 0 Å². The summed E-state index contributed by atoms with van der Waals surface area (Å²) in [5.74, 6) is 0.657. The van der Waals surface area contributed by atoms with E-state index in [1.54, 1.807) is 0 Å². The molecule has 1 saturated heterocycles. The Bertz CT molecular complexity index is 792. The number of ether oxygens (including phenoxy) is 1. The Morgan fingerprint density at radius 1 is 1.28 bits per heavy atom. The van der Waals surface area contributed by atoms with Crippen LogP contribution in [0.25, 0.3) is 0 Å². The third-order valence-corrected chi connectivity index (χ3v) is 7.25. The summed E-state index contributed by atoms with van der Waals surface area (Å²) in [6.07, 6.45) is -1.66. The average Bonchev–Trinajstić information content (AvgIpc) is 2.68. The van der Waals surface area contributed by atoms with Crippen LogP contribution in [0.4, 0.5) is 19.1 Å². The summed E-state index contributed by atoms with van der Waals surface area (Å²) in [4.78, 5) is 21.8. The molecule has 1 aliphatic heterocycles. The van der Waals surface area contributed by atoms with Crippen molar-refractivity contribution in [1.29, 1.82) is 0 Å². The van der Waals surface area contributed by atoms with Gasteiger partial charge in [-0.2, -0.15) is 13.2 Å². The Morgan fingerprint density at radius 3 is 2.55 bits per heavy atom. The fraction of sp³-hybridized carbons (Fsp3) is 0.750. The molecule has 3 saturated carbocycles. The summed E-state index contributed by atoms with van der Waals surface area (Å²) >= 11 is 0. The maximum atomic E-state index is 13.7. The van der Waals surface area contributed by atoms with Crippen LogP contribution in [-0.2, 0) is 10.9 Å². The van der Waals surface area contributed by atoms with Crippen molar-refractivity contribution in [3.8, 4) is 0 Å². The number of nitrogens with one attached hydrogen (secondary N) is 1. The first-order valence-electron chi connectivity index (χ1n) is 10.2. The van der Waals surface area contributed by atoms with Crippen molar-refractivity contribution < 1.29 is 22.7 Å². The highest BCUT2D eigenvalue weighted by Crippen LogP contribution is 2.61. The standard InChI is InChI=1S/C20H27F3N4O2/c1-11-14-8-12(19(14,2)3)9-15(11)25-18-24-10-13(16(26-18)20(21,22)23)17(28)27-4-6-29-7-5-27/h10-12,14-15H,4-9H2,1-3H3,(H,24,25,26)/t11-,12-,14+,15-/m1/s1. The van der Waals surface area contributed by atoms with E-state index in [9.17, 15) is 18.0 Å². The minimum absolute atomic E-state index is 0.0358. The SMILES string of the molecule is C[C@H]1[C@H](Nc2ncc(C(=O)N3CCOCC3)c(C(F)(F)F)n2)C[C@H]2C[C@@H]1C2(C)C. The maximum Gasteiger partial charge on any atom is 0.434 e. The lowest BCUT2D eigenvalue weighted by molar-refractivity contribution is -0.141. The number of halogens is 3. The van der Waals surface area contributed by atoms with Crippen LogP contribution in [0.1, 0.15) is 49.7 Å². The molecule has 29 heavy (non-hydrogen) atoms. The van der Waals surface area contributed by atoms with Gasteiger partial charge in [0.25, 0.3) is 5.91 Å². The predicted octanol–water partition coefficient (Wildman–Crippen LogP) is 3.45. The Labute approximate surface area is 168 Å². The average molecular weight is 412 g/mol. The van der Waals surface area contributed by atoms with Crippen molar-refractivity contribution in [2.24, 2.45) is 23.2 Å². The molecule has 0 radical (unpaired) electrons. The van der Waals surface area contributed by atoms with E-state index in [-0.39, 0.29) is 30.5 Å². The lowest BCUT2D eigenvalue weighted by atomic mass is 9.45. The topological polar surface area (TPSA) is 67.4 Å². The van der Waals surface area contributed by atoms with Gasteiger partial charge >= 0.3 is 6.18 Å². The second-order valence-electron chi connectivity index (χ2n) is 9.06. The van der Waals surface area contributed by atoms with E-state index in [4.69, 9.17) is 4.74 Å². The van der Waals surface area contributed by atoms with Crippen LogP contribution in [0.2, 0.25) is 0 Å². The molecule has 0 aromatic carbocycles. The van der Waals surface area contributed by atoms with E-state index in [1.807, 2.05) is 0 Å². The molecule has 0 spiro atoms. The minimum Gasteiger partial charge on any atom is -0.378 e. The molecular weight excluding hydrogens is 385 g/mol. The van der Waals surface area contributed by atoms with E-state index in [0.29, 0.717) is 31.0 Å². The Balaban J connectivity index is 1.56. The Hall–Kier alpha value is -1.90. The molecular formula is C20H27F3N4O2. The molecule has 4 atom stereocenters. The normalized spacial score (nSPS) is 31.2. The summed E-state index contributed by atoms with van der Waals surface area (Å²) in [7, 11) is 0. The second-order valence-corrected chi connectivity index (χ2v) is 9.06. The number of rotatable bonds is 3. The van der Waals surface area contributed by atoms with Gasteiger partial charge in [0.1, 0.15) is 0 Å². The highest BCUT2D eigenvalue weighted by atomic mass is 19.4. The lowest BCUT2D eigenvalue weighted by Crippen LogP contribution is -2.58. The molecule has 4 aliphatic rings. The zero-order valence-corrected chi connectivity index (χ0v) is 16.9. The maximum absolute atomic E-state index is 13.7. The van der Waals surface area contributed by atoms with Crippen LogP contribution in [0, 0.1) is 23.2 Å². The summed E-state index contributed by atoms with van der Waals surface area (Å²) in [6.45, 7) is 7.81. The molecule has 2 bridgehead atoms. The number of hydrogen-bond acceptors (Lipinski definition) is 5. The first-order chi connectivity index (χ1) is 13.6. The molecule has 3 aliphatic carbocycles. The smallest absolute Gasteiger partial charge is 0.378 e. The quantitative estimate of drug-likeness (QED) is 0.824. The molecule has 9 heteroatoms. The predicted molar refractivity (Wildman–Crippen MR) is 100 cm³/mol. The summed E-state index contributed by atoms with van der Waals surface area (Å²) < 4.78 is 46.2.